The molecule has 0 spiro atoms. The molecule has 0 unspecified atom stereocenters. The minimum atomic E-state index is -0.131. The van der Waals surface area contributed by atoms with Gasteiger partial charge in [0.15, 0.2) is 0 Å². The fourth-order valence-corrected chi connectivity index (χ4v) is 2.11. The van der Waals surface area contributed by atoms with E-state index in [4.69, 9.17) is 23.7 Å². The van der Waals surface area contributed by atoms with Crippen molar-refractivity contribution >= 4 is 5.97 Å². The number of carbonyl (C=O) groups is 1. The number of esters is 1. The van der Waals surface area contributed by atoms with Crippen LogP contribution in [0.1, 0.15) is 66.2 Å². The Hall–Kier alpha value is -0.690. The number of ether oxygens (including phenoxy) is 5. The second kappa shape index (κ2) is 17.7. The van der Waals surface area contributed by atoms with E-state index in [0.717, 1.165) is 12.8 Å². The maximum absolute atomic E-state index is 11.5. The van der Waals surface area contributed by atoms with E-state index in [1.807, 2.05) is 20.8 Å². The zero-order valence-corrected chi connectivity index (χ0v) is 17.3. The summed E-state index contributed by atoms with van der Waals surface area (Å²) in [5, 5.41) is 0. The first-order chi connectivity index (χ1) is 12.5. The van der Waals surface area contributed by atoms with Crippen molar-refractivity contribution in [2.45, 2.75) is 71.8 Å². The number of hydrogen-bond donors (Lipinski definition) is 0. The van der Waals surface area contributed by atoms with E-state index >= 15 is 0 Å². The second-order valence-corrected chi connectivity index (χ2v) is 7.18. The van der Waals surface area contributed by atoms with Gasteiger partial charge in [-0.05, 0) is 27.2 Å². The lowest BCUT2D eigenvalue weighted by atomic mass is 10.1. The van der Waals surface area contributed by atoms with Crippen LogP contribution in [0.3, 0.4) is 0 Å². The van der Waals surface area contributed by atoms with Crippen molar-refractivity contribution in [2.75, 3.05) is 52.9 Å². The molecule has 0 rings (SSSR count). The largest absolute Gasteiger partial charge is 0.463 e. The summed E-state index contributed by atoms with van der Waals surface area (Å²) < 4.78 is 26.8. The van der Waals surface area contributed by atoms with Crippen molar-refractivity contribution in [3.63, 3.8) is 0 Å². The third-order valence-corrected chi connectivity index (χ3v) is 3.48. The Bertz CT molecular complexity index is 314. The normalized spacial score (nSPS) is 11.7. The average Bonchev–Trinajstić information content (AvgIpc) is 2.58. The average molecular weight is 377 g/mol. The number of carbonyl (C=O) groups excluding carboxylic acids is 1. The first-order valence-corrected chi connectivity index (χ1v) is 9.98. The molecule has 0 aromatic heterocycles. The van der Waals surface area contributed by atoms with E-state index < -0.39 is 0 Å². The van der Waals surface area contributed by atoms with Crippen LogP contribution in [-0.4, -0.2) is 64.4 Å². The van der Waals surface area contributed by atoms with Gasteiger partial charge in [0.25, 0.3) is 0 Å². The standard InChI is InChI=1S/C20H40O6/c1-5-6-7-8-9-10-19(21)25-17-15-23-13-11-22-12-14-24-16-18-26-20(2,3)4/h5-18H2,1-4H3. The molecule has 156 valence electrons. The molecule has 26 heavy (non-hydrogen) atoms. The van der Waals surface area contributed by atoms with Gasteiger partial charge in [0, 0.05) is 6.42 Å². The highest BCUT2D eigenvalue weighted by Gasteiger charge is 2.08. The van der Waals surface area contributed by atoms with Crippen LogP contribution in [0.4, 0.5) is 0 Å². The fourth-order valence-electron chi connectivity index (χ4n) is 2.11. The third kappa shape index (κ3) is 21.4. The molecule has 0 aromatic rings. The van der Waals surface area contributed by atoms with Crippen molar-refractivity contribution in [1.29, 1.82) is 0 Å². The zero-order chi connectivity index (χ0) is 19.5. The molecule has 0 aliphatic carbocycles. The van der Waals surface area contributed by atoms with Crippen molar-refractivity contribution in [3.05, 3.63) is 0 Å². The molecule has 0 fully saturated rings. The van der Waals surface area contributed by atoms with Crippen LogP contribution in [0.25, 0.3) is 0 Å². The Morgan fingerprint density at radius 1 is 0.692 bits per heavy atom. The summed E-state index contributed by atoms with van der Waals surface area (Å²) in [5.41, 5.74) is -0.125. The summed E-state index contributed by atoms with van der Waals surface area (Å²) in [6.07, 6.45) is 6.17. The topological polar surface area (TPSA) is 63.2 Å². The van der Waals surface area contributed by atoms with Gasteiger partial charge in [0.1, 0.15) is 6.61 Å². The minimum Gasteiger partial charge on any atom is -0.463 e. The molecule has 6 heteroatoms. The SMILES string of the molecule is CCCCCCCC(=O)OCCOCCOCCOCCOC(C)(C)C. The Balaban J connectivity index is 3.16. The molecule has 0 heterocycles. The monoisotopic (exact) mass is 376 g/mol. The van der Waals surface area contributed by atoms with Crippen LogP contribution in [-0.2, 0) is 28.5 Å². The van der Waals surface area contributed by atoms with Gasteiger partial charge in [-0.3, -0.25) is 4.79 Å². The molecule has 6 nitrogen and oxygen atoms in total. The van der Waals surface area contributed by atoms with E-state index in [-0.39, 0.29) is 11.6 Å². The van der Waals surface area contributed by atoms with E-state index in [9.17, 15) is 4.79 Å². The predicted octanol–water partition coefficient (Wildman–Crippen LogP) is 3.76. The third-order valence-electron chi connectivity index (χ3n) is 3.48. The van der Waals surface area contributed by atoms with E-state index in [0.29, 0.717) is 59.3 Å². The lowest BCUT2D eigenvalue weighted by molar-refractivity contribution is -0.145. The van der Waals surface area contributed by atoms with Crippen molar-refractivity contribution in [1.82, 2.24) is 0 Å². The molecule has 0 saturated carbocycles. The summed E-state index contributed by atoms with van der Waals surface area (Å²) in [7, 11) is 0. The molecule has 0 aromatic carbocycles. The highest BCUT2D eigenvalue weighted by molar-refractivity contribution is 5.69. The molecule has 0 saturated heterocycles. The van der Waals surface area contributed by atoms with Gasteiger partial charge in [-0.15, -0.1) is 0 Å². The van der Waals surface area contributed by atoms with Gasteiger partial charge in [0.05, 0.1) is 51.8 Å². The van der Waals surface area contributed by atoms with Gasteiger partial charge < -0.3 is 23.7 Å². The van der Waals surface area contributed by atoms with Crippen LogP contribution in [0, 0.1) is 0 Å². The maximum Gasteiger partial charge on any atom is 0.305 e. The zero-order valence-electron chi connectivity index (χ0n) is 17.3. The highest BCUT2D eigenvalue weighted by Crippen LogP contribution is 2.06. The predicted molar refractivity (Wildman–Crippen MR) is 102 cm³/mol. The summed E-state index contributed by atoms with van der Waals surface area (Å²) in [6, 6.07) is 0. The Kier molecular flexibility index (Phi) is 17.2. The van der Waals surface area contributed by atoms with Gasteiger partial charge in [-0.1, -0.05) is 32.6 Å². The smallest absolute Gasteiger partial charge is 0.305 e. The Morgan fingerprint density at radius 3 is 1.73 bits per heavy atom. The fraction of sp³-hybridized carbons (Fsp3) is 0.950. The van der Waals surface area contributed by atoms with Crippen LogP contribution < -0.4 is 0 Å². The Morgan fingerprint density at radius 2 is 1.19 bits per heavy atom. The molecular formula is C20H40O6. The molecule has 0 aliphatic rings. The van der Waals surface area contributed by atoms with Gasteiger partial charge >= 0.3 is 5.97 Å². The van der Waals surface area contributed by atoms with Crippen LogP contribution in [0.2, 0.25) is 0 Å². The highest BCUT2D eigenvalue weighted by atomic mass is 16.6. The minimum absolute atomic E-state index is 0.125. The molecule has 0 N–H and O–H groups in total. The van der Waals surface area contributed by atoms with E-state index in [2.05, 4.69) is 6.92 Å². The molecule has 0 bridgehead atoms. The van der Waals surface area contributed by atoms with Gasteiger partial charge in [0.2, 0.25) is 0 Å². The molecule has 0 atom stereocenters. The van der Waals surface area contributed by atoms with E-state index in [1.165, 1.54) is 19.3 Å². The quantitative estimate of drug-likeness (QED) is 0.268. The molecule has 0 radical (unpaired) electrons. The van der Waals surface area contributed by atoms with E-state index in [1.54, 1.807) is 0 Å². The lowest BCUT2D eigenvalue weighted by Gasteiger charge is -2.19. The van der Waals surface area contributed by atoms with Crippen LogP contribution in [0.15, 0.2) is 0 Å². The molecular weight excluding hydrogens is 336 g/mol. The maximum atomic E-state index is 11.5. The molecule has 0 aliphatic heterocycles. The summed E-state index contributed by atoms with van der Waals surface area (Å²) in [4.78, 5) is 11.5. The van der Waals surface area contributed by atoms with Crippen molar-refractivity contribution < 1.29 is 28.5 Å². The number of unbranched alkanes of at least 4 members (excludes halogenated alkanes) is 4. The summed E-state index contributed by atoms with van der Waals surface area (Å²) in [5.74, 6) is -0.131. The summed E-state index contributed by atoms with van der Waals surface area (Å²) >= 11 is 0. The first kappa shape index (κ1) is 25.3. The van der Waals surface area contributed by atoms with Crippen LogP contribution >= 0.6 is 0 Å². The van der Waals surface area contributed by atoms with Crippen molar-refractivity contribution in [3.8, 4) is 0 Å². The van der Waals surface area contributed by atoms with Crippen LogP contribution in [0.5, 0.6) is 0 Å². The van der Waals surface area contributed by atoms with Crippen molar-refractivity contribution in [2.24, 2.45) is 0 Å². The van der Waals surface area contributed by atoms with Gasteiger partial charge in [-0.25, -0.2) is 0 Å². The Labute approximate surface area is 159 Å². The first-order valence-electron chi connectivity index (χ1n) is 9.98. The number of hydrogen-bond acceptors (Lipinski definition) is 6. The lowest BCUT2D eigenvalue weighted by Crippen LogP contribution is -2.22. The summed E-state index contributed by atoms with van der Waals surface area (Å²) in [6.45, 7) is 12.2. The van der Waals surface area contributed by atoms with Gasteiger partial charge in [-0.2, -0.15) is 0 Å². The second-order valence-electron chi connectivity index (χ2n) is 7.18. The number of rotatable bonds is 18. The molecule has 0 amide bonds.